The van der Waals surface area contributed by atoms with E-state index in [1.807, 2.05) is 50.2 Å². The quantitative estimate of drug-likeness (QED) is 0.766. The van der Waals surface area contributed by atoms with Crippen molar-refractivity contribution in [2.75, 3.05) is 18.9 Å². The molecule has 0 saturated heterocycles. The second-order valence-electron chi connectivity index (χ2n) is 5.51. The van der Waals surface area contributed by atoms with E-state index in [1.54, 1.807) is 13.1 Å². The molecule has 0 heterocycles. The Balaban J connectivity index is 2.01. The van der Waals surface area contributed by atoms with Crippen LogP contribution in [0.15, 0.2) is 42.5 Å². The molecule has 2 amide bonds. The molecule has 2 rings (SSSR count). The minimum Gasteiger partial charge on any atom is -0.332 e. The van der Waals surface area contributed by atoms with Crippen LogP contribution in [0.25, 0.3) is 0 Å². The SMILES string of the molecule is Cc1ccc(NC(=O)CN(C)C(=O)c2cccc(C)c2I)cc1. The molecule has 120 valence electrons. The third kappa shape index (κ3) is 4.54. The average Bonchev–Trinajstić information content (AvgIpc) is 2.51. The van der Waals surface area contributed by atoms with E-state index < -0.39 is 0 Å². The number of carbonyl (C=O) groups excluding carboxylic acids is 2. The number of hydrogen-bond donors (Lipinski definition) is 1. The molecule has 0 aliphatic carbocycles. The first-order valence-electron chi connectivity index (χ1n) is 7.25. The lowest BCUT2D eigenvalue weighted by Gasteiger charge is -2.18. The van der Waals surface area contributed by atoms with E-state index in [2.05, 4.69) is 27.9 Å². The van der Waals surface area contributed by atoms with Gasteiger partial charge in [0.1, 0.15) is 0 Å². The highest BCUT2D eigenvalue weighted by atomic mass is 127. The highest BCUT2D eigenvalue weighted by molar-refractivity contribution is 14.1. The molecular formula is C18H19IN2O2. The van der Waals surface area contributed by atoms with Crippen molar-refractivity contribution in [3.8, 4) is 0 Å². The number of likely N-dealkylation sites (N-methyl/N-ethyl adjacent to an activating group) is 1. The summed E-state index contributed by atoms with van der Waals surface area (Å²) in [5.74, 6) is -0.371. The summed E-state index contributed by atoms with van der Waals surface area (Å²) in [4.78, 5) is 26.0. The van der Waals surface area contributed by atoms with Gasteiger partial charge in [0.15, 0.2) is 0 Å². The monoisotopic (exact) mass is 422 g/mol. The van der Waals surface area contributed by atoms with Gasteiger partial charge in [-0.25, -0.2) is 0 Å². The Morgan fingerprint density at radius 2 is 1.74 bits per heavy atom. The third-order valence-corrected chi connectivity index (χ3v) is 4.92. The molecule has 0 aliphatic heterocycles. The van der Waals surface area contributed by atoms with E-state index in [-0.39, 0.29) is 18.4 Å². The van der Waals surface area contributed by atoms with Gasteiger partial charge in [0.05, 0.1) is 12.1 Å². The Labute approximate surface area is 150 Å². The standard InChI is InChI=1S/C18H19IN2O2/c1-12-7-9-14(10-8-12)20-16(22)11-21(3)18(23)15-6-4-5-13(2)17(15)19/h4-10H,11H2,1-3H3,(H,20,22). The van der Waals surface area contributed by atoms with Gasteiger partial charge in [-0.15, -0.1) is 0 Å². The lowest BCUT2D eigenvalue weighted by Crippen LogP contribution is -2.35. The van der Waals surface area contributed by atoms with Crippen LogP contribution < -0.4 is 5.32 Å². The first kappa shape index (κ1) is 17.5. The summed E-state index contributed by atoms with van der Waals surface area (Å²) in [6, 6.07) is 13.1. The zero-order chi connectivity index (χ0) is 17.0. The second-order valence-corrected chi connectivity index (χ2v) is 6.59. The second kappa shape index (κ2) is 7.59. The first-order valence-corrected chi connectivity index (χ1v) is 8.33. The predicted molar refractivity (Wildman–Crippen MR) is 101 cm³/mol. The van der Waals surface area contributed by atoms with Crippen LogP contribution in [0.4, 0.5) is 5.69 Å². The van der Waals surface area contributed by atoms with Gasteiger partial charge in [0, 0.05) is 16.3 Å². The normalized spacial score (nSPS) is 10.3. The molecule has 0 fully saturated rings. The maximum absolute atomic E-state index is 12.5. The molecule has 23 heavy (non-hydrogen) atoms. The molecule has 0 atom stereocenters. The fourth-order valence-electron chi connectivity index (χ4n) is 2.14. The van der Waals surface area contributed by atoms with Gasteiger partial charge >= 0.3 is 0 Å². The highest BCUT2D eigenvalue weighted by Gasteiger charge is 2.18. The zero-order valence-electron chi connectivity index (χ0n) is 13.4. The third-order valence-electron chi connectivity index (χ3n) is 3.49. The number of carbonyl (C=O) groups is 2. The summed E-state index contributed by atoms with van der Waals surface area (Å²) in [5.41, 5.74) is 3.53. The van der Waals surface area contributed by atoms with E-state index in [0.717, 1.165) is 20.4 Å². The van der Waals surface area contributed by atoms with Crippen molar-refractivity contribution >= 4 is 40.1 Å². The maximum atomic E-state index is 12.5. The van der Waals surface area contributed by atoms with Gasteiger partial charge in [-0.1, -0.05) is 29.8 Å². The van der Waals surface area contributed by atoms with E-state index in [4.69, 9.17) is 0 Å². The molecule has 4 nitrogen and oxygen atoms in total. The van der Waals surface area contributed by atoms with Crippen molar-refractivity contribution in [3.05, 3.63) is 62.7 Å². The molecule has 2 aromatic carbocycles. The average molecular weight is 422 g/mol. The summed E-state index contributed by atoms with van der Waals surface area (Å²) < 4.78 is 0.917. The number of nitrogens with zero attached hydrogens (tertiary/aromatic N) is 1. The van der Waals surface area contributed by atoms with Crippen LogP contribution in [0.3, 0.4) is 0 Å². The molecule has 0 aliphatic rings. The summed E-state index contributed by atoms with van der Waals surface area (Å²) in [5, 5.41) is 2.80. The Bertz CT molecular complexity index is 726. The number of hydrogen-bond acceptors (Lipinski definition) is 2. The fourth-order valence-corrected chi connectivity index (χ4v) is 2.73. The molecule has 0 unspecified atom stereocenters. The minimum absolute atomic E-state index is 0.0106. The smallest absolute Gasteiger partial charge is 0.255 e. The van der Waals surface area contributed by atoms with Gasteiger partial charge < -0.3 is 10.2 Å². The van der Waals surface area contributed by atoms with Crippen LogP contribution in [-0.4, -0.2) is 30.3 Å². The van der Waals surface area contributed by atoms with Crippen molar-refractivity contribution in [1.29, 1.82) is 0 Å². The van der Waals surface area contributed by atoms with E-state index in [9.17, 15) is 9.59 Å². The molecule has 0 bridgehead atoms. The molecule has 2 aromatic rings. The molecule has 1 N–H and O–H groups in total. The Kier molecular flexibility index (Phi) is 5.76. The van der Waals surface area contributed by atoms with Crippen molar-refractivity contribution in [3.63, 3.8) is 0 Å². The van der Waals surface area contributed by atoms with Crippen LogP contribution in [-0.2, 0) is 4.79 Å². The molecule has 0 radical (unpaired) electrons. The number of anilines is 1. The van der Waals surface area contributed by atoms with Crippen molar-refractivity contribution in [2.24, 2.45) is 0 Å². The molecule has 0 spiro atoms. The fraction of sp³-hybridized carbons (Fsp3) is 0.222. The maximum Gasteiger partial charge on any atom is 0.255 e. The van der Waals surface area contributed by atoms with Crippen LogP contribution >= 0.6 is 22.6 Å². The topological polar surface area (TPSA) is 49.4 Å². The molecular weight excluding hydrogens is 403 g/mol. The summed E-state index contributed by atoms with van der Waals surface area (Å²) >= 11 is 2.16. The van der Waals surface area contributed by atoms with Crippen LogP contribution in [0.5, 0.6) is 0 Å². The zero-order valence-corrected chi connectivity index (χ0v) is 15.5. The van der Waals surface area contributed by atoms with Crippen molar-refractivity contribution in [1.82, 2.24) is 4.90 Å². The molecule has 0 aromatic heterocycles. The van der Waals surface area contributed by atoms with Gasteiger partial charge in [-0.05, 0) is 60.2 Å². The lowest BCUT2D eigenvalue weighted by atomic mass is 10.1. The van der Waals surface area contributed by atoms with E-state index >= 15 is 0 Å². The van der Waals surface area contributed by atoms with E-state index in [1.165, 1.54) is 4.90 Å². The number of amides is 2. The van der Waals surface area contributed by atoms with E-state index in [0.29, 0.717) is 5.56 Å². The number of aryl methyl sites for hydroxylation is 2. The predicted octanol–water partition coefficient (Wildman–Crippen LogP) is 3.62. The Hall–Kier alpha value is -1.89. The number of halogens is 1. The van der Waals surface area contributed by atoms with Crippen molar-refractivity contribution < 1.29 is 9.59 Å². The number of benzene rings is 2. The Morgan fingerprint density at radius 3 is 2.39 bits per heavy atom. The Morgan fingerprint density at radius 1 is 1.09 bits per heavy atom. The summed E-state index contributed by atoms with van der Waals surface area (Å²) in [6.07, 6.45) is 0. The molecule has 0 saturated carbocycles. The van der Waals surface area contributed by atoms with Crippen molar-refractivity contribution in [2.45, 2.75) is 13.8 Å². The molecule has 5 heteroatoms. The van der Waals surface area contributed by atoms with Gasteiger partial charge in [0.2, 0.25) is 5.91 Å². The van der Waals surface area contributed by atoms with Crippen LogP contribution in [0, 0.1) is 17.4 Å². The first-order chi connectivity index (χ1) is 10.9. The van der Waals surface area contributed by atoms with Crippen LogP contribution in [0.1, 0.15) is 21.5 Å². The van der Waals surface area contributed by atoms with Crippen LogP contribution in [0.2, 0.25) is 0 Å². The minimum atomic E-state index is -0.215. The summed E-state index contributed by atoms with van der Waals surface area (Å²) in [6.45, 7) is 3.96. The van der Waals surface area contributed by atoms with Gasteiger partial charge in [-0.2, -0.15) is 0 Å². The number of rotatable bonds is 4. The number of nitrogens with one attached hydrogen (secondary N) is 1. The summed E-state index contributed by atoms with van der Waals surface area (Å²) in [7, 11) is 1.63. The van der Waals surface area contributed by atoms with Gasteiger partial charge in [-0.3, -0.25) is 9.59 Å². The highest BCUT2D eigenvalue weighted by Crippen LogP contribution is 2.18. The lowest BCUT2D eigenvalue weighted by molar-refractivity contribution is -0.116. The largest absolute Gasteiger partial charge is 0.332 e. The van der Waals surface area contributed by atoms with Gasteiger partial charge in [0.25, 0.3) is 5.91 Å².